The first-order valence-electron chi connectivity index (χ1n) is 5.49. The van der Waals surface area contributed by atoms with Crippen LogP contribution in [0.4, 0.5) is 5.69 Å². The zero-order valence-corrected chi connectivity index (χ0v) is 12.6. The van der Waals surface area contributed by atoms with E-state index in [0.717, 1.165) is 5.56 Å². The van der Waals surface area contributed by atoms with E-state index in [1.165, 1.54) is 29.5 Å². The Labute approximate surface area is 125 Å². The van der Waals surface area contributed by atoms with Crippen molar-refractivity contribution in [2.45, 2.75) is 11.3 Å². The number of anilines is 1. The van der Waals surface area contributed by atoms with E-state index >= 15 is 0 Å². The molecule has 0 aliphatic carbocycles. The molecule has 3 N–H and O–H groups in total. The van der Waals surface area contributed by atoms with Crippen molar-refractivity contribution < 1.29 is 13.2 Å². The third kappa shape index (κ3) is 3.80. The number of thiophene rings is 1. The van der Waals surface area contributed by atoms with Crippen molar-refractivity contribution in [1.29, 1.82) is 0 Å². The molecule has 1 heterocycles. The molecule has 1 aromatic heterocycles. The number of benzene rings is 1. The van der Waals surface area contributed by atoms with Crippen LogP contribution in [0.3, 0.4) is 0 Å². The maximum atomic E-state index is 11.8. The van der Waals surface area contributed by atoms with Gasteiger partial charge in [0, 0.05) is 0 Å². The summed E-state index contributed by atoms with van der Waals surface area (Å²) in [5, 5.41) is 11.6. The first-order chi connectivity index (χ1) is 9.36. The minimum absolute atomic E-state index is 0.104. The van der Waals surface area contributed by atoms with Crippen LogP contribution < -0.4 is 10.5 Å². The van der Waals surface area contributed by atoms with Crippen LogP contribution in [0.1, 0.15) is 5.56 Å². The summed E-state index contributed by atoms with van der Waals surface area (Å²) in [6.45, 7) is 0. The first-order valence-corrected chi connectivity index (χ1v) is 8.36. The number of carbonyl (C=O) groups excluding carboxylic acids is 1. The number of rotatable bonds is 4. The van der Waals surface area contributed by atoms with Crippen LogP contribution in [-0.4, -0.2) is 14.3 Å². The molecular formula is C12H11ClN2O3S2. The Morgan fingerprint density at radius 1 is 1.35 bits per heavy atom. The SMILES string of the molecule is NS(=O)(=O)c1ccc(Cl)c(NC(=O)Cc2ccsc2)c1. The van der Waals surface area contributed by atoms with Crippen molar-refractivity contribution in [1.82, 2.24) is 0 Å². The van der Waals surface area contributed by atoms with Crippen LogP contribution in [0.5, 0.6) is 0 Å². The Bertz CT molecular complexity index is 727. The number of nitrogens with one attached hydrogen (secondary N) is 1. The molecule has 0 bridgehead atoms. The Hall–Kier alpha value is -1.41. The van der Waals surface area contributed by atoms with E-state index in [1.54, 1.807) is 0 Å². The van der Waals surface area contributed by atoms with Crippen LogP contribution in [-0.2, 0) is 21.2 Å². The fourth-order valence-corrected chi connectivity index (χ4v) is 2.92. The van der Waals surface area contributed by atoms with Gasteiger partial charge in [-0.15, -0.1) is 0 Å². The van der Waals surface area contributed by atoms with Gasteiger partial charge in [0.1, 0.15) is 0 Å². The van der Waals surface area contributed by atoms with Gasteiger partial charge in [-0.25, -0.2) is 13.6 Å². The second-order valence-electron chi connectivity index (χ2n) is 4.04. The highest BCUT2D eigenvalue weighted by Gasteiger charge is 2.13. The van der Waals surface area contributed by atoms with E-state index in [4.69, 9.17) is 16.7 Å². The van der Waals surface area contributed by atoms with E-state index in [-0.39, 0.29) is 27.9 Å². The molecule has 0 aliphatic rings. The first kappa shape index (κ1) is 15.0. The molecule has 2 rings (SSSR count). The average Bonchev–Trinajstić information content (AvgIpc) is 2.83. The predicted molar refractivity (Wildman–Crippen MR) is 79.5 cm³/mol. The molecule has 106 valence electrons. The van der Waals surface area contributed by atoms with Crippen molar-refractivity contribution in [2.24, 2.45) is 5.14 Å². The molecule has 0 saturated heterocycles. The number of hydrogen-bond acceptors (Lipinski definition) is 4. The van der Waals surface area contributed by atoms with E-state index < -0.39 is 10.0 Å². The minimum Gasteiger partial charge on any atom is -0.324 e. The molecule has 1 amide bonds. The van der Waals surface area contributed by atoms with Gasteiger partial charge < -0.3 is 5.32 Å². The lowest BCUT2D eigenvalue weighted by molar-refractivity contribution is -0.115. The molecule has 0 radical (unpaired) electrons. The van der Waals surface area contributed by atoms with Crippen molar-refractivity contribution in [3.8, 4) is 0 Å². The van der Waals surface area contributed by atoms with Gasteiger partial charge in [-0.1, -0.05) is 11.6 Å². The van der Waals surface area contributed by atoms with Crippen molar-refractivity contribution >= 4 is 44.6 Å². The van der Waals surface area contributed by atoms with Gasteiger partial charge in [0.25, 0.3) is 0 Å². The normalized spacial score (nSPS) is 11.3. The van der Waals surface area contributed by atoms with E-state index in [9.17, 15) is 13.2 Å². The molecule has 2 aromatic rings. The molecule has 0 aliphatic heterocycles. The van der Waals surface area contributed by atoms with Gasteiger partial charge >= 0.3 is 0 Å². The maximum absolute atomic E-state index is 11.8. The zero-order chi connectivity index (χ0) is 14.8. The van der Waals surface area contributed by atoms with Crippen molar-refractivity contribution in [3.05, 3.63) is 45.6 Å². The number of primary sulfonamides is 1. The fraction of sp³-hybridized carbons (Fsp3) is 0.0833. The molecule has 0 atom stereocenters. The third-order valence-electron chi connectivity index (χ3n) is 2.49. The molecule has 0 spiro atoms. The van der Waals surface area contributed by atoms with Gasteiger partial charge in [-0.2, -0.15) is 11.3 Å². The molecule has 0 saturated carbocycles. The van der Waals surface area contributed by atoms with Gasteiger partial charge in [0.15, 0.2) is 0 Å². The highest BCUT2D eigenvalue weighted by molar-refractivity contribution is 7.89. The summed E-state index contributed by atoms with van der Waals surface area (Å²) >= 11 is 7.42. The summed E-state index contributed by atoms with van der Waals surface area (Å²) in [6, 6.07) is 5.74. The van der Waals surface area contributed by atoms with Crippen molar-refractivity contribution in [3.63, 3.8) is 0 Å². The molecule has 8 heteroatoms. The minimum atomic E-state index is -3.84. The zero-order valence-electron chi connectivity index (χ0n) is 10.2. The lowest BCUT2D eigenvalue weighted by Gasteiger charge is -2.08. The lowest BCUT2D eigenvalue weighted by atomic mass is 10.2. The summed E-state index contributed by atoms with van der Waals surface area (Å²) in [7, 11) is -3.84. The average molecular weight is 331 g/mol. The summed E-state index contributed by atoms with van der Waals surface area (Å²) in [5.41, 5.74) is 1.10. The Kier molecular flexibility index (Phi) is 4.44. The predicted octanol–water partition coefficient (Wildman–Crippen LogP) is 2.23. The Balaban J connectivity index is 2.18. The number of sulfonamides is 1. The second kappa shape index (κ2) is 5.92. The van der Waals surface area contributed by atoms with Crippen molar-refractivity contribution in [2.75, 3.05) is 5.32 Å². The van der Waals surface area contributed by atoms with Crippen LogP contribution in [0, 0.1) is 0 Å². The third-order valence-corrected chi connectivity index (χ3v) is 4.46. The lowest BCUT2D eigenvalue weighted by Crippen LogP contribution is -2.16. The van der Waals surface area contributed by atoms with E-state index in [1.807, 2.05) is 16.8 Å². The number of carbonyl (C=O) groups is 1. The smallest absolute Gasteiger partial charge is 0.238 e. The Morgan fingerprint density at radius 3 is 2.70 bits per heavy atom. The molecule has 5 nitrogen and oxygen atoms in total. The number of amides is 1. The highest BCUT2D eigenvalue weighted by Crippen LogP contribution is 2.25. The topological polar surface area (TPSA) is 89.3 Å². The summed E-state index contributed by atoms with van der Waals surface area (Å²) < 4.78 is 22.5. The monoisotopic (exact) mass is 330 g/mol. The number of hydrogen-bond donors (Lipinski definition) is 2. The maximum Gasteiger partial charge on any atom is 0.238 e. The highest BCUT2D eigenvalue weighted by atomic mass is 35.5. The number of nitrogens with two attached hydrogens (primary N) is 1. The summed E-state index contributed by atoms with van der Waals surface area (Å²) in [6.07, 6.45) is 0.194. The molecule has 0 unspecified atom stereocenters. The summed E-state index contributed by atoms with van der Waals surface area (Å²) in [4.78, 5) is 11.7. The molecule has 0 fully saturated rings. The quantitative estimate of drug-likeness (QED) is 0.900. The van der Waals surface area contributed by atoms with E-state index in [0.29, 0.717) is 0 Å². The molecule has 1 aromatic carbocycles. The van der Waals surface area contributed by atoms with E-state index in [2.05, 4.69) is 5.32 Å². The van der Waals surface area contributed by atoms with Gasteiger partial charge in [0.05, 0.1) is 22.0 Å². The van der Waals surface area contributed by atoms with Crippen LogP contribution in [0.15, 0.2) is 39.9 Å². The fourth-order valence-electron chi connectivity index (χ4n) is 1.55. The molecular weight excluding hydrogens is 320 g/mol. The second-order valence-corrected chi connectivity index (χ2v) is 6.79. The Morgan fingerprint density at radius 2 is 2.10 bits per heavy atom. The summed E-state index contributed by atoms with van der Waals surface area (Å²) in [5.74, 6) is -0.281. The largest absolute Gasteiger partial charge is 0.324 e. The van der Waals surface area contributed by atoms with Gasteiger partial charge in [0.2, 0.25) is 15.9 Å². The van der Waals surface area contributed by atoms with Crippen LogP contribution in [0.2, 0.25) is 5.02 Å². The van der Waals surface area contributed by atoms with Crippen LogP contribution in [0.25, 0.3) is 0 Å². The van der Waals surface area contributed by atoms with Crippen LogP contribution >= 0.6 is 22.9 Å². The number of halogens is 1. The van der Waals surface area contributed by atoms with Gasteiger partial charge in [-0.05, 0) is 40.6 Å². The van der Waals surface area contributed by atoms with Gasteiger partial charge in [-0.3, -0.25) is 4.79 Å². The standard InChI is InChI=1S/C12H11ClN2O3S2/c13-10-2-1-9(20(14,17)18)6-11(10)15-12(16)5-8-3-4-19-7-8/h1-4,6-7H,5H2,(H,15,16)(H2,14,17,18). The molecule has 20 heavy (non-hydrogen) atoms.